The molecule has 2 nitrogen and oxygen atoms in total. The quantitative estimate of drug-likeness (QED) is 0.598. The minimum Gasteiger partial charge on any atom is -0.300 e. The SMILES string of the molecule is CC(=O)CCCC(=O)/C=C/Cl. The third kappa shape index (κ3) is 7.26. The van der Waals surface area contributed by atoms with Crippen LogP contribution in [-0.4, -0.2) is 11.6 Å². The number of rotatable bonds is 5. The summed E-state index contributed by atoms with van der Waals surface area (Å²) in [6.45, 7) is 1.52. The van der Waals surface area contributed by atoms with Gasteiger partial charge in [-0.3, -0.25) is 4.79 Å². The summed E-state index contributed by atoms with van der Waals surface area (Å²) in [7, 11) is 0. The number of allylic oxidation sites excluding steroid dienone is 1. The first-order chi connectivity index (χ1) is 5.16. The molecule has 0 fully saturated rings. The van der Waals surface area contributed by atoms with Crippen LogP contribution in [0.1, 0.15) is 26.2 Å². The Labute approximate surface area is 71.2 Å². The molecule has 0 saturated heterocycles. The highest BCUT2D eigenvalue weighted by molar-refractivity contribution is 6.26. The molecule has 0 saturated carbocycles. The average molecular weight is 175 g/mol. The fourth-order valence-corrected chi connectivity index (χ4v) is 0.806. The third-order valence-corrected chi connectivity index (χ3v) is 1.33. The first-order valence-corrected chi connectivity index (χ1v) is 3.89. The van der Waals surface area contributed by atoms with Gasteiger partial charge in [0.2, 0.25) is 0 Å². The molecular weight excluding hydrogens is 164 g/mol. The Hall–Kier alpha value is -0.630. The van der Waals surface area contributed by atoms with Crippen molar-refractivity contribution in [2.45, 2.75) is 26.2 Å². The lowest BCUT2D eigenvalue weighted by atomic mass is 10.1. The first kappa shape index (κ1) is 10.4. The standard InChI is InChI=1S/C8H11ClO2/c1-7(10)3-2-4-8(11)5-6-9/h5-6H,2-4H2,1H3/b6-5+. The van der Waals surface area contributed by atoms with E-state index in [0.29, 0.717) is 19.3 Å². The molecule has 0 aliphatic rings. The summed E-state index contributed by atoms with van der Waals surface area (Å²) >= 11 is 5.17. The van der Waals surface area contributed by atoms with Gasteiger partial charge in [0.05, 0.1) is 0 Å². The van der Waals surface area contributed by atoms with Crippen LogP contribution < -0.4 is 0 Å². The van der Waals surface area contributed by atoms with Crippen LogP contribution in [0.2, 0.25) is 0 Å². The summed E-state index contributed by atoms with van der Waals surface area (Å²) in [5.41, 5.74) is 1.19. The van der Waals surface area contributed by atoms with Crippen molar-refractivity contribution in [1.82, 2.24) is 0 Å². The second-order valence-corrected chi connectivity index (χ2v) is 2.57. The van der Waals surface area contributed by atoms with E-state index in [1.165, 1.54) is 18.5 Å². The number of hydrogen-bond acceptors (Lipinski definition) is 2. The molecule has 0 N–H and O–H groups in total. The van der Waals surface area contributed by atoms with Gasteiger partial charge in [0.25, 0.3) is 0 Å². The van der Waals surface area contributed by atoms with E-state index in [0.717, 1.165) is 0 Å². The summed E-state index contributed by atoms with van der Waals surface area (Å²) in [5.74, 6) is 0.0916. The topological polar surface area (TPSA) is 34.1 Å². The summed E-state index contributed by atoms with van der Waals surface area (Å²) in [5, 5.41) is 0. The van der Waals surface area contributed by atoms with E-state index in [1.807, 2.05) is 0 Å². The summed E-state index contributed by atoms with van der Waals surface area (Å²) in [6.07, 6.45) is 2.81. The van der Waals surface area contributed by atoms with Crippen molar-refractivity contribution < 1.29 is 9.59 Å². The van der Waals surface area contributed by atoms with E-state index >= 15 is 0 Å². The maximum Gasteiger partial charge on any atom is 0.156 e. The number of hydrogen-bond donors (Lipinski definition) is 0. The lowest BCUT2D eigenvalue weighted by Gasteiger charge is -1.92. The molecule has 0 aromatic carbocycles. The van der Waals surface area contributed by atoms with Crippen LogP contribution in [0.3, 0.4) is 0 Å². The molecular formula is C8H11ClO2. The molecule has 0 amide bonds. The van der Waals surface area contributed by atoms with Crippen molar-refractivity contribution in [3.8, 4) is 0 Å². The van der Waals surface area contributed by atoms with Gasteiger partial charge >= 0.3 is 0 Å². The lowest BCUT2D eigenvalue weighted by molar-refractivity contribution is -0.117. The number of Topliss-reactive ketones (excluding diaryl/α,β-unsaturated/α-hetero) is 1. The predicted octanol–water partition coefficient (Wildman–Crippen LogP) is 2.07. The Morgan fingerprint density at radius 3 is 2.45 bits per heavy atom. The van der Waals surface area contributed by atoms with Crippen molar-refractivity contribution in [1.29, 1.82) is 0 Å². The minimum absolute atomic E-state index is 0.0266. The predicted molar refractivity (Wildman–Crippen MR) is 44.5 cm³/mol. The van der Waals surface area contributed by atoms with Crippen molar-refractivity contribution >= 4 is 23.2 Å². The van der Waals surface area contributed by atoms with Crippen LogP contribution >= 0.6 is 11.6 Å². The highest BCUT2D eigenvalue weighted by Crippen LogP contribution is 1.98. The van der Waals surface area contributed by atoms with Crippen LogP contribution in [-0.2, 0) is 9.59 Å². The van der Waals surface area contributed by atoms with Crippen LogP contribution in [0, 0.1) is 0 Å². The van der Waals surface area contributed by atoms with Crippen molar-refractivity contribution in [3.63, 3.8) is 0 Å². The fourth-order valence-electron chi connectivity index (χ4n) is 0.665. The van der Waals surface area contributed by atoms with Crippen LogP contribution in [0.4, 0.5) is 0 Å². The Morgan fingerprint density at radius 1 is 1.36 bits per heavy atom. The van der Waals surface area contributed by atoms with Crippen molar-refractivity contribution in [3.05, 3.63) is 11.6 Å². The highest BCUT2D eigenvalue weighted by Gasteiger charge is 1.97. The largest absolute Gasteiger partial charge is 0.300 e. The molecule has 0 aliphatic heterocycles. The van der Waals surface area contributed by atoms with Gasteiger partial charge in [-0.25, -0.2) is 0 Å². The second-order valence-electron chi connectivity index (χ2n) is 2.31. The zero-order valence-corrected chi connectivity index (χ0v) is 7.23. The van der Waals surface area contributed by atoms with Gasteiger partial charge in [-0.05, 0) is 19.4 Å². The van der Waals surface area contributed by atoms with Gasteiger partial charge in [0.15, 0.2) is 5.78 Å². The third-order valence-electron chi connectivity index (χ3n) is 1.20. The highest BCUT2D eigenvalue weighted by atomic mass is 35.5. The first-order valence-electron chi connectivity index (χ1n) is 3.46. The zero-order chi connectivity index (χ0) is 8.69. The molecule has 0 aromatic heterocycles. The molecule has 0 spiro atoms. The summed E-state index contributed by atoms with van der Waals surface area (Å²) in [6, 6.07) is 0. The average Bonchev–Trinajstić information content (AvgIpc) is 1.87. The number of carbonyl (C=O) groups is 2. The Bertz CT molecular complexity index is 173. The molecule has 0 atom stereocenters. The van der Waals surface area contributed by atoms with Gasteiger partial charge in [-0.1, -0.05) is 11.6 Å². The van der Waals surface area contributed by atoms with Gasteiger partial charge in [0, 0.05) is 18.4 Å². The molecule has 0 aliphatic carbocycles. The molecule has 0 heterocycles. The van der Waals surface area contributed by atoms with Gasteiger partial charge in [-0.2, -0.15) is 0 Å². The fraction of sp³-hybridized carbons (Fsp3) is 0.500. The number of halogens is 1. The molecule has 0 bridgehead atoms. The second kappa shape index (κ2) is 6.10. The molecule has 3 heteroatoms. The normalized spacial score (nSPS) is 10.4. The smallest absolute Gasteiger partial charge is 0.156 e. The van der Waals surface area contributed by atoms with E-state index < -0.39 is 0 Å². The number of ketones is 2. The Kier molecular flexibility index (Phi) is 5.75. The van der Waals surface area contributed by atoms with Crippen molar-refractivity contribution in [2.24, 2.45) is 0 Å². The molecule has 0 unspecified atom stereocenters. The maximum absolute atomic E-state index is 10.7. The lowest BCUT2D eigenvalue weighted by Crippen LogP contribution is -1.95. The number of carbonyl (C=O) groups excluding carboxylic acids is 2. The molecule has 11 heavy (non-hydrogen) atoms. The summed E-state index contributed by atoms with van der Waals surface area (Å²) < 4.78 is 0. The Balaban J connectivity index is 3.39. The minimum atomic E-state index is -0.0266. The molecule has 0 aromatic rings. The Morgan fingerprint density at radius 2 is 2.00 bits per heavy atom. The van der Waals surface area contributed by atoms with Gasteiger partial charge in [0.1, 0.15) is 5.78 Å². The zero-order valence-electron chi connectivity index (χ0n) is 6.47. The van der Waals surface area contributed by atoms with E-state index in [4.69, 9.17) is 11.6 Å². The van der Waals surface area contributed by atoms with Crippen LogP contribution in [0.25, 0.3) is 0 Å². The van der Waals surface area contributed by atoms with E-state index in [1.54, 1.807) is 0 Å². The molecule has 62 valence electrons. The van der Waals surface area contributed by atoms with Crippen LogP contribution in [0.15, 0.2) is 11.6 Å². The van der Waals surface area contributed by atoms with E-state index in [2.05, 4.69) is 0 Å². The van der Waals surface area contributed by atoms with Crippen molar-refractivity contribution in [2.75, 3.05) is 0 Å². The molecule has 0 radical (unpaired) electrons. The summed E-state index contributed by atoms with van der Waals surface area (Å²) in [4.78, 5) is 21.2. The van der Waals surface area contributed by atoms with Crippen LogP contribution in [0.5, 0.6) is 0 Å². The maximum atomic E-state index is 10.7. The molecule has 0 rings (SSSR count). The van der Waals surface area contributed by atoms with E-state index in [-0.39, 0.29) is 11.6 Å². The van der Waals surface area contributed by atoms with E-state index in [9.17, 15) is 9.59 Å². The van der Waals surface area contributed by atoms with Gasteiger partial charge in [-0.15, -0.1) is 0 Å². The van der Waals surface area contributed by atoms with Gasteiger partial charge < -0.3 is 4.79 Å². The monoisotopic (exact) mass is 174 g/mol.